The minimum absolute atomic E-state index is 0.0470. The average Bonchev–Trinajstić information content (AvgIpc) is 3.47. The van der Waals surface area contributed by atoms with Crippen LogP contribution < -0.4 is 20.0 Å². The summed E-state index contributed by atoms with van der Waals surface area (Å²) in [6.45, 7) is 9.46. The molecule has 4 aromatic rings. The Morgan fingerprint density at radius 3 is 1.94 bits per heavy atom. The summed E-state index contributed by atoms with van der Waals surface area (Å²) in [6.07, 6.45) is 9.21. The molecule has 2 saturated heterocycles. The van der Waals surface area contributed by atoms with Gasteiger partial charge in [-0.25, -0.2) is 23.5 Å². The number of halogens is 2. The molecule has 6 aliphatic heterocycles. The fourth-order valence-electron chi connectivity index (χ4n) is 6.65. The second kappa shape index (κ2) is 12.4. The normalized spacial score (nSPS) is 17.2. The Balaban J connectivity index is 0.000000156. The van der Waals surface area contributed by atoms with Crippen molar-refractivity contribution in [2.24, 2.45) is 0 Å². The van der Waals surface area contributed by atoms with Crippen LogP contribution in [0.4, 0.5) is 36.6 Å². The molecule has 6 aliphatic rings. The van der Waals surface area contributed by atoms with Crippen LogP contribution in [0.1, 0.15) is 46.5 Å². The van der Waals surface area contributed by atoms with Gasteiger partial charge in [-0.3, -0.25) is 14.9 Å². The van der Waals surface area contributed by atoms with Gasteiger partial charge in [-0.2, -0.15) is 0 Å². The predicted molar refractivity (Wildman–Crippen MR) is 178 cm³/mol. The third-order valence-electron chi connectivity index (χ3n) is 8.89. The van der Waals surface area contributed by atoms with E-state index in [1.54, 1.807) is 17.3 Å². The highest BCUT2D eigenvalue weighted by atomic mass is 19.1. The predicted octanol–water partition coefficient (Wildman–Crippen LogP) is 6.68. The van der Waals surface area contributed by atoms with Gasteiger partial charge in [-0.05, 0) is 82.9 Å². The topological polar surface area (TPSA) is 99.6 Å². The molecule has 1 amide bonds. The van der Waals surface area contributed by atoms with Crippen molar-refractivity contribution < 1.29 is 18.3 Å². The van der Waals surface area contributed by atoms with E-state index < -0.39 is 11.4 Å². The Kier molecular flexibility index (Phi) is 8.11. The van der Waals surface area contributed by atoms with E-state index in [1.165, 1.54) is 18.3 Å². The number of amides is 1. The Morgan fingerprint density at radius 1 is 0.787 bits per heavy atom. The maximum absolute atomic E-state index is 13.6. The van der Waals surface area contributed by atoms with Gasteiger partial charge in [0, 0.05) is 61.8 Å². The van der Waals surface area contributed by atoms with Crippen molar-refractivity contribution >= 4 is 29.1 Å². The number of carbonyl (C=O) groups excluding carboxylic acids is 1. The molecule has 4 bridgehead atoms. The first-order chi connectivity index (χ1) is 22.6. The number of nitrogens with one attached hydrogen (secondary N) is 1. The lowest BCUT2D eigenvalue weighted by atomic mass is 10.1. The molecule has 0 aromatic carbocycles. The van der Waals surface area contributed by atoms with Crippen LogP contribution in [0, 0.1) is 11.6 Å². The summed E-state index contributed by atoms with van der Waals surface area (Å²) in [4.78, 5) is 36.5. The first kappa shape index (κ1) is 30.8. The van der Waals surface area contributed by atoms with Crippen molar-refractivity contribution in [2.75, 3.05) is 46.2 Å². The van der Waals surface area contributed by atoms with Crippen LogP contribution in [0.2, 0.25) is 0 Å². The van der Waals surface area contributed by atoms with Crippen LogP contribution in [-0.2, 0) is 4.74 Å². The molecule has 0 saturated carbocycles. The maximum atomic E-state index is 13.6. The van der Waals surface area contributed by atoms with Gasteiger partial charge in [0.05, 0.1) is 35.2 Å². The lowest BCUT2D eigenvalue weighted by Gasteiger charge is -2.33. The number of nitrogens with zero attached hydrogens (tertiary/aromatic N) is 7. The van der Waals surface area contributed by atoms with Crippen molar-refractivity contribution in [3.05, 3.63) is 72.8 Å². The summed E-state index contributed by atoms with van der Waals surface area (Å²) in [7, 11) is 0. The second-order valence-corrected chi connectivity index (χ2v) is 13.4. The molecule has 0 spiro atoms. The van der Waals surface area contributed by atoms with Gasteiger partial charge in [0.1, 0.15) is 17.2 Å². The van der Waals surface area contributed by atoms with Crippen LogP contribution >= 0.6 is 0 Å². The molecule has 12 heteroatoms. The number of pyridine rings is 4. The van der Waals surface area contributed by atoms with Gasteiger partial charge in [-0.1, -0.05) is 0 Å². The highest BCUT2D eigenvalue weighted by Gasteiger charge is 2.39. The molecular formula is C35H38F2N8O2. The van der Waals surface area contributed by atoms with Gasteiger partial charge in [0.2, 0.25) is 0 Å². The van der Waals surface area contributed by atoms with Gasteiger partial charge in [-0.15, -0.1) is 0 Å². The van der Waals surface area contributed by atoms with E-state index in [9.17, 15) is 13.6 Å². The van der Waals surface area contributed by atoms with E-state index in [4.69, 9.17) is 9.72 Å². The van der Waals surface area contributed by atoms with Crippen molar-refractivity contribution in [3.63, 3.8) is 0 Å². The quantitative estimate of drug-likeness (QED) is 0.257. The number of aromatic nitrogens is 4. The van der Waals surface area contributed by atoms with Crippen molar-refractivity contribution in [1.82, 2.24) is 19.9 Å². The molecule has 0 atom stereocenters. The van der Waals surface area contributed by atoms with Crippen LogP contribution in [0.15, 0.2) is 61.2 Å². The van der Waals surface area contributed by atoms with Crippen LogP contribution in [0.3, 0.4) is 0 Å². The third kappa shape index (κ3) is 6.54. The summed E-state index contributed by atoms with van der Waals surface area (Å²) in [5.41, 5.74) is 4.09. The summed E-state index contributed by atoms with van der Waals surface area (Å²) in [6, 6.07) is 11.2. The number of ether oxygens (including phenoxy) is 1. The molecule has 0 aliphatic carbocycles. The number of hydrogen-bond donors (Lipinski definition) is 1. The number of piperidine rings is 2. The zero-order valence-corrected chi connectivity index (χ0v) is 26.8. The molecule has 0 radical (unpaired) electrons. The molecule has 47 heavy (non-hydrogen) atoms. The molecule has 10 heterocycles. The van der Waals surface area contributed by atoms with E-state index in [0.717, 1.165) is 80.9 Å². The zero-order valence-electron chi connectivity index (χ0n) is 26.8. The van der Waals surface area contributed by atoms with Crippen molar-refractivity contribution in [3.8, 4) is 22.5 Å². The van der Waals surface area contributed by atoms with Gasteiger partial charge in [0.15, 0.2) is 11.6 Å². The van der Waals surface area contributed by atoms with Crippen molar-refractivity contribution in [2.45, 2.75) is 64.1 Å². The van der Waals surface area contributed by atoms with Gasteiger partial charge < -0.3 is 19.9 Å². The molecule has 1 N–H and O–H groups in total. The van der Waals surface area contributed by atoms with Crippen LogP contribution in [0.25, 0.3) is 22.5 Å². The summed E-state index contributed by atoms with van der Waals surface area (Å²) in [5, 5.41) is 3.51. The number of rotatable bonds is 2. The lowest BCUT2D eigenvalue weighted by Crippen LogP contribution is -2.46. The first-order valence-electron chi connectivity index (χ1n) is 16.1. The van der Waals surface area contributed by atoms with Gasteiger partial charge >= 0.3 is 6.09 Å². The number of anilines is 4. The number of fused-ring (bicyclic) bond motifs is 4. The minimum atomic E-state index is -0.591. The van der Waals surface area contributed by atoms with E-state index in [-0.39, 0.29) is 18.0 Å². The van der Waals surface area contributed by atoms with Gasteiger partial charge in [0.25, 0.3) is 0 Å². The Hall–Kier alpha value is -4.87. The highest BCUT2D eigenvalue weighted by Crippen LogP contribution is 2.40. The van der Waals surface area contributed by atoms with E-state index >= 15 is 0 Å². The van der Waals surface area contributed by atoms with Crippen molar-refractivity contribution in [1.29, 1.82) is 0 Å². The molecule has 10 rings (SSSR count). The summed E-state index contributed by atoms with van der Waals surface area (Å²) in [5.74, 6) is 0.728. The second-order valence-electron chi connectivity index (χ2n) is 13.4. The zero-order chi connectivity index (χ0) is 32.7. The number of hydrogen-bond acceptors (Lipinski definition) is 9. The van der Waals surface area contributed by atoms with E-state index in [0.29, 0.717) is 28.7 Å². The summed E-state index contributed by atoms with van der Waals surface area (Å²) < 4.78 is 32.5. The standard InChI is InChI=1S/C20H23FN4O2.C15H15FN4/c1-20(2,3)27-19(26)25-15-6-8-24(9-7-15)17-5-4-16(23-18(17)25)13-10-14(21)12-22-11-13;16-11-7-10(8-17-9-11)13-1-2-14-15(19-13)18-12-3-5-20(14)6-4-12/h4-5,10-12,15H,6-9H2,1-3H3;1-2,7-9,12H,3-6H2,(H,18,19). The molecule has 2 fully saturated rings. The fraction of sp³-hybridized carbons (Fsp3) is 0.400. The summed E-state index contributed by atoms with van der Waals surface area (Å²) >= 11 is 0. The lowest BCUT2D eigenvalue weighted by molar-refractivity contribution is 0.0561. The minimum Gasteiger partial charge on any atom is -0.443 e. The monoisotopic (exact) mass is 640 g/mol. The molecule has 10 nitrogen and oxygen atoms in total. The van der Waals surface area contributed by atoms with E-state index in [1.807, 2.05) is 39.0 Å². The smallest absolute Gasteiger partial charge is 0.416 e. The maximum Gasteiger partial charge on any atom is 0.416 e. The Morgan fingerprint density at radius 2 is 1.34 bits per heavy atom. The largest absolute Gasteiger partial charge is 0.443 e. The molecule has 4 aromatic heterocycles. The van der Waals surface area contributed by atoms with Crippen LogP contribution in [0.5, 0.6) is 0 Å². The third-order valence-corrected chi connectivity index (χ3v) is 8.89. The number of carbonyl (C=O) groups is 1. The average molecular weight is 641 g/mol. The van der Waals surface area contributed by atoms with E-state index in [2.05, 4.69) is 36.1 Å². The Bertz CT molecular complexity index is 1780. The molecule has 244 valence electrons. The van der Waals surface area contributed by atoms with Crippen LogP contribution in [-0.4, -0.2) is 69.9 Å². The first-order valence-corrected chi connectivity index (χ1v) is 16.1. The Labute approximate surface area is 272 Å². The highest BCUT2D eigenvalue weighted by molar-refractivity contribution is 5.93. The molecular weight excluding hydrogens is 602 g/mol. The molecule has 0 unspecified atom stereocenters. The fourth-order valence-corrected chi connectivity index (χ4v) is 6.65. The SMILES string of the molecule is CC(C)(C)OC(=O)N1c2nc(-c3cncc(F)c3)ccc2N2CCC1CC2.Fc1cncc(-c2ccc3c(n2)NC2CCN3CC2)c1.